The number of halogens is 1. The Hall–Kier alpha value is -3.22. The van der Waals surface area contributed by atoms with Gasteiger partial charge in [-0.05, 0) is 12.5 Å². The maximum absolute atomic E-state index is 13.2. The highest BCUT2D eigenvalue weighted by Gasteiger charge is 2.50. The van der Waals surface area contributed by atoms with Crippen LogP contribution in [-0.2, 0) is 59.0 Å². The summed E-state index contributed by atoms with van der Waals surface area (Å²) < 4.78 is 32.6. The zero-order valence-electron chi connectivity index (χ0n) is 21.5. The number of hydrogen-bond donors (Lipinski definition) is 1. The lowest BCUT2D eigenvalue weighted by Crippen LogP contribution is -2.66. The number of rotatable bonds is 12. The molecule has 0 aromatic heterocycles. The largest absolute Gasteiger partial charge is 0.466 e. The number of alkyl halides is 1. The van der Waals surface area contributed by atoms with Crippen molar-refractivity contribution in [2.75, 3.05) is 12.5 Å². The minimum absolute atomic E-state index is 0.0478. The molecular formula is C25H32ClNO11. The second-order valence-electron chi connectivity index (χ2n) is 8.43. The van der Waals surface area contributed by atoms with Crippen LogP contribution in [-0.4, -0.2) is 79.0 Å². The van der Waals surface area contributed by atoms with Crippen LogP contribution in [0.15, 0.2) is 30.3 Å². The van der Waals surface area contributed by atoms with Crippen molar-refractivity contribution >= 4 is 41.4 Å². The maximum Gasteiger partial charge on any atom is 0.321 e. The number of carbonyl (C=O) groups is 5. The molecule has 1 aliphatic heterocycles. The van der Waals surface area contributed by atoms with E-state index in [9.17, 15) is 24.0 Å². The van der Waals surface area contributed by atoms with Crippen molar-refractivity contribution in [1.29, 1.82) is 0 Å². The molecule has 1 heterocycles. The molecule has 1 aromatic rings. The van der Waals surface area contributed by atoms with Crippen LogP contribution in [0.5, 0.6) is 0 Å². The Bertz CT molecular complexity index is 973. The van der Waals surface area contributed by atoms with Crippen molar-refractivity contribution in [3.8, 4) is 0 Å². The Kier molecular flexibility index (Phi) is 12.4. The first-order chi connectivity index (χ1) is 18.0. The minimum atomic E-state index is -1.35. The van der Waals surface area contributed by atoms with Crippen LogP contribution < -0.4 is 5.32 Å². The second kappa shape index (κ2) is 15.3. The molecule has 0 bridgehead atoms. The first-order valence-corrected chi connectivity index (χ1v) is 12.4. The third-order valence-corrected chi connectivity index (χ3v) is 5.56. The first kappa shape index (κ1) is 31.0. The average Bonchev–Trinajstić information content (AvgIpc) is 2.85. The van der Waals surface area contributed by atoms with Crippen LogP contribution in [0.3, 0.4) is 0 Å². The molecule has 12 nitrogen and oxygen atoms in total. The van der Waals surface area contributed by atoms with Crippen LogP contribution in [0.25, 0.3) is 0 Å². The summed E-state index contributed by atoms with van der Waals surface area (Å²) in [6, 6.07) is 8.11. The summed E-state index contributed by atoms with van der Waals surface area (Å²) in [5.41, 5.74) is 0.780. The molecular weight excluding hydrogens is 526 g/mol. The van der Waals surface area contributed by atoms with Crippen LogP contribution in [0, 0.1) is 0 Å². The van der Waals surface area contributed by atoms with Crippen molar-refractivity contribution in [1.82, 2.24) is 5.32 Å². The van der Waals surface area contributed by atoms with E-state index < -0.39 is 72.4 Å². The standard InChI is InChI=1S/C25H32ClNO11/c1-14-21(27-24(32)19(36-16(3)29)10-11-33-15(2)28)22(34-13-18-8-6-5-7-9-18)23(38-20(31)12-26)25(35-14)37-17(4)30/h5-9,14,19,21-23,25H,10-13H2,1-4H3,(H,27,32)/t14-,19-,21-,22+,23+,25-/m1/s1. The fraction of sp³-hybridized carbons (Fsp3) is 0.560. The van der Waals surface area contributed by atoms with Gasteiger partial charge in [-0.25, -0.2) is 0 Å². The topological polar surface area (TPSA) is 153 Å². The molecule has 0 saturated carbocycles. The molecule has 38 heavy (non-hydrogen) atoms. The summed E-state index contributed by atoms with van der Waals surface area (Å²) in [6.45, 7) is 4.98. The minimum Gasteiger partial charge on any atom is -0.466 e. The molecule has 0 spiro atoms. The fourth-order valence-corrected chi connectivity index (χ4v) is 3.80. The Morgan fingerprint density at radius 3 is 2.24 bits per heavy atom. The Morgan fingerprint density at radius 2 is 1.66 bits per heavy atom. The zero-order chi connectivity index (χ0) is 28.2. The van der Waals surface area contributed by atoms with Gasteiger partial charge in [-0.15, -0.1) is 11.6 Å². The zero-order valence-corrected chi connectivity index (χ0v) is 22.3. The highest BCUT2D eigenvalue weighted by molar-refractivity contribution is 6.26. The summed E-state index contributed by atoms with van der Waals surface area (Å²) in [6.07, 6.45) is -5.96. The van der Waals surface area contributed by atoms with E-state index in [2.05, 4.69) is 5.32 Å². The van der Waals surface area contributed by atoms with E-state index in [4.69, 9.17) is 40.0 Å². The summed E-state index contributed by atoms with van der Waals surface area (Å²) >= 11 is 5.64. The van der Waals surface area contributed by atoms with Crippen molar-refractivity contribution < 1.29 is 52.4 Å². The molecule has 1 aliphatic rings. The van der Waals surface area contributed by atoms with E-state index in [-0.39, 0.29) is 19.6 Å². The van der Waals surface area contributed by atoms with Gasteiger partial charge >= 0.3 is 23.9 Å². The van der Waals surface area contributed by atoms with E-state index in [1.807, 2.05) is 30.3 Å². The van der Waals surface area contributed by atoms with E-state index >= 15 is 0 Å². The summed E-state index contributed by atoms with van der Waals surface area (Å²) in [4.78, 5) is 59.8. The molecule has 210 valence electrons. The number of esters is 4. The number of carbonyl (C=O) groups excluding carboxylic acids is 5. The maximum atomic E-state index is 13.2. The van der Waals surface area contributed by atoms with Gasteiger partial charge in [-0.2, -0.15) is 0 Å². The van der Waals surface area contributed by atoms with Gasteiger partial charge in [0.25, 0.3) is 5.91 Å². The Morgan fingerprint density at radius 1 is 0.974 bits per heavy atom. The first-order valence-electron chi connectivity index (χ1n) is 11.9. The van der Waals surface area contributed by atoms with E-state index in [1.54, 1.807) is 6.92 Å². The normalized spacial score (nSPS) is 23.4. The predicted molar refractivity (Wildman–Crippen MR) is 130 cm³/mol. The molecule has 1 aromatic carbocycles. The quantitative estimate of drug-likeness (QED) is 0.225. The summed E-state index contributed by atoms with van der Waals surface area (Å²) in [7, 11) is 0. The lowest BCUT2D eigenvalue weighted by molar-refractivity contribution is -0.276. The molecule has 0 unspecified atom stereocenters. The van der Waals surface area contributed by atoms with E-state index in [0.717, 1.165) is 19.4 Å². The van der Waals surface area contributed by atoms with Gasteiger partial charge < -0.3 is 33.7 Å². The second-order valence-corrected chi connectivity index (χ2v) is 8.70. The smallest absolute Gasteiger partial charge is 0.321 e. The molecule has 1 amide bonds. The number of ether oxygens (including phenoxy) is 6. The van der Waals surface area contributed by atoms with Crippen LogP contribution in [0.4, 0.5) is 0 Å². The fourth-order valence-electron chi connectivity index (χ4n) is 3.74. The van der Waals surface area contributed by atoms with Gasteiger partial charge in [0.2, 0.25) is 6.29 Å². The highest BCUT2D eigenvalue weighted by Crippen LogP contribution is 2.28. The molecule has 2 rings (SSSR count). The van der Waals surface area contributed by atoms with E-state index in [0.29, 0.717) is 0 Å². The van der Waals surface area contributed by atoms with Gasteiger partial charge in [0.15, 0.2) is 12.2 Å². The summed E-state index contributed by atoms with van der Waals surface area (Å²) in [5.74, 6) is -4.03. The SMILES string of the molecule is CC(=O)OCC[C@@H](OC(C)=O)C(=O)N[C@H]1[C@H](OCc2ccccc2)[C@H](OC(=O)CCl)[C@@H](OC(C)=O)O[C@@H]1C. The molecule has 13 heteroatoms. The summed E-state index contributed by atoms with van der Waals surface area (Å²) in [5, 5.41) is 2.72. The van der Waals surface area contributed by atoms with Crippen LogP contribution >= 0.6 is 11.6 Å². The van der Waals surface area contributed by atoms with Gasteiger partial charge in [-0.3, -0.25) is 24.0 Å². The third-order valence-electron chi connectivity index (χ3n) is 5.34. The number of benzene rings is 1. The molecule has 0 aliphatic carbocycles. The Labute approximate surface area is 225 Å². The van der Waals surface area contributed by atoms with Gasteiger partial charge in [0, 0.05) is 27.2 Å². The number of amides is 1. The van der Waals surface area contributed by atoms with Gasteiger partial charge in [0.1, 0.15) is 12.0 Å². The molecule has 6 atom stereocenters. The van der Waals surface area contributed by atoms with Gasteiger partial charge in [-0.1, -0.05) is 30.3 Å². The monoisotopic (exact) mass is 557 g/mol. The number of nitrogens with one attached hydrogen (secondary N) is 1. The van der Waals surface area contributed by atoms with Crippen LogP contribution in [0.2, 0.25) is 0 Å². The lowest BCUT2D eigenvalue weighted by atomic mass is 9.95. The Balaban J connectivity index is 2.35. The molecule has 0 radical (unpaired) electrons. The van der Waals surface area contributed by atoms with Crippen molar-refractivity contribution in [3.63, 3.8) is 0 Å². The molecule has 1 fully saturated rings. The van der Waals surface area contributed by atoms with Crippen molar-refractivity contribution in [2.24, 2.45) is 0 Å². The molecule has 1 saturated heterocycles. The molecule has 1 N–H and O–H groups in total. The van der Waals surface area contributed by atoms with Crippen LogP contribution in [0.1, 0.15) is 39.7 Å². The third kappa shape index (κ3) is 9.92. The predicted octanol–water partition coefficient (Wildman–Crippen LogP) is 1.40. The van der Waals surface area contributed by atoms with E-state index in [1.165, 1.54) is 6.92 Å². The number of hydrogen-bond acceptors (Lipinski definition) is 11. The average molecular weight is 558 g/mol. The van der Waals surface area contributed by atoms with Crippen molar-refractivity contribution in [3.05, 3.63) is 35.9 Å². The highest BCUT2D eigenvalue weighted by atomic mass is 35.5. The van der Waals surface area contributed by atoms with Crippen molar-refractivity contribution in [2.45, 2.75) is 77.5 Å². The van der Waals surface area contributed by atoms with Gasteiger partial charge in [0.05, 0.1) is 25.4 Å². The lowest BCUT2D eigenvalue weighted by Gasteiger charge is -2.44.